The van der Waals surface area contributed by atoms with E-state index in [9.17, 15) is 4.79 Å². The van der Waals surface area contributed by atoms with Crippen molar-refractivity contribution in [1.29, 1.82) is 0 Å². The number of hydrogen-bond donors (Lipinski definition) is 0. The van der Waals surface area contributed by atoms with Crippen molar-refractivity contribution >= 4 is 17.6 Å². The van der Waals surface area contributed by atoms with Crippen molar-refractivity contribution in [1.82, 2.24) is 0 Å². The van der Waals surface area contributed by atoms with Gasteiger partial charge in [0, 0.05) is 0 Å². The molecule has 0 atom stereocenters. The first-order valence-electron chi connectivity index (χ1n) is 7.80. The Kier molecular flexibility index (Phi) is 4.38. The van der Waals surface area contributed by atoms with Gasteiger partial charge in [0.1, 0.15) is 0 Å². The number of hydrogen-bond acceptors (Lipinski definition) is 2. The van der Waals surface area contributed by atoms with Gasteiger partial charge in [-0.1, -0.05) is 54.6 Å². The first-order chi connectivity index (χ1) is 10.8. The smallest absolute Gasteiger partial charge is 0.310 e. The standard InChI is InChI=1S/C20H20O2/c1-2-22-20(21)14-18-13-17-9-4-3-7-15(17)11-12-16-8-5-6-10-19(16)18/h3-10,13H,2,11-12,14H2,1H3. The van der Waals surface area contributed by atoms with E-state index in [-0.39, 0.29) is 5.97 Å². The number of esters is 1. The second kappa shape index (κ2) is 6.61. The molecule has 112 valence electrons. The molecule has 0 N–H and O–H groups in total. The third kappa shape index (κ3) is 3.11. The Bertz CT molecular complexity index is 713. The minimum absolute atomic E-state index is 0.165. The van der Waals surface area contributed by atoms with Gasteiger partial charge in [-0.15, -0.1) is 0 Å². The average Bonchev–Trinajstić information content (AvgIpc) is 2.52. The molecule has 1 aliphatic carbocycles. The van der Waals surface area contributed by atoms with E-state index in [0.29, 0.717) is 13.0 Å². The SMILES string of the molecule is CCOC(=O)CC1=Cc2ccccc2CCc2ccccc21. The zero-order chi connectivity index (χ0) is 15.4. The van der Waals surface area contributed by atoms with Gasteiger partial charge in [0.05, 0.1) is 13.0 Å². The minimum Gasteiger partial charge on any atom is -0.466 e. The Balaban J connectivity index is 2.07. The van der Waals surface area contributed by atoms with Crippen LogP contribution in [0.25, 0.3) is 11.6 Å². The molecule has 0 fully saturated rings. The van der Waals surface area contributed by atoms with E-state index in [1.54, 1.807) is 0 Å². The quantitative estimate of drug-likeness (QED) is 0.789. The molecule has 2 aromatic carbocycles. The highest BCUT2D eigenvalue weighted by atomic mass is 16.5. The van der Waals surface area contributed by atoms with Gasteiger partial charge in [-0.25, -0.2) is 0 Å². The third-order valence-electron chi connectivity index (χ3n) is 4.05. The van der Waals surface area contributed by atoms with Gasteiger partial charge in [0.25, 0.3) is 0 Å². The third-order valence-corrected chi connectivity index (χ3v) is 4.05. The molecule has 0 amide bonds. The highest BCUT2D eigenvalue weighted by Crippen LogP contribution is 2.30. The zero-order valence-corrected chi connectivity index (χ0v) is 12.8. The summed E-state index contributed by atoms with van der Waals surface area (Å²) in [5.74, 6) is -0.165. The Morgan fingerprint density at radius 2 is 1.68 bits per heavy atom. The number of ether oxygens (including phenoxy) is 1. The summed E-state index contributed by atoms with van der Waals surface area (Å²) >= 11 is 0. The molecule has 0 unspecified atom stereocenters. The monoisotopic (exact) mass is 292 g/mol. The predicted molar refractivity (Wildman–Crippen MR) is 89.4 cm³/mol. The zero-order valence-electron chi connectivity index (χ0n) is 12.8. The second-order valence-corrected chi connectivity index (χ2v) is 5.51. The number of aryl methyl sites for hydroxylation is 2. The molecule has 0 heterocycles. The van der Waals surface area contributed by atoms with E-state index in [0.717, 1.165) is 18.4 Å². The molecule has 0 aliphatic heterocycles. The number of benzene rings is 2. The van der Waals surface area contributed by atoms with Crippen LogP contribution < -0.4 is 0 Å². The van der Waals surface area contributed by atoms with Crippen LogP contribution in [0.2, 0.25) is 0 Å². The lowest BCUT2D eigenvalue weighted by Crippen LogP contribution is -2.08. The molecule has 3 rings (SSSR count). The lowest BCUT2D eigenvalue weighted by Gasteiger charge is -2.18. The number of carbonyl (C=O) groups is 1. The molecule has 1 aliphatic rings. The topological polar surface area (TPSA) is 26.3 Å². The fourth-order valence-corrected chi connectivity index (χ4v) is 3.00. The van der Waals surface area contributed by atoms with Gasteiger partial charge in [0.2, 0.25) is 0 Å². The Labute approximate surface area is 131 Å². The molecular formula is C20H20O2. The van der Waals surface area contributed by atoms with E-state index in [2.05, 4.69) is 42.5 Å². The van der Waals surface area contributed by atoms with Crippen LogP contribution in [0.1, 0.15) is 35.6 Å². The van der Waals surface area contributed by atoms with Crippen LogP contribution in [-0.4, -0.2) is 12.6 Å². The molecular weight excluding hydrogens is 272 g/mol. The molecule has 2 heteroatoms. The largest absolute Gasteiger partial charge is 0.466 e. The summed E-state index contributed by atoms with van der Waals surface area (Å²) in [5, 5.41) is 0. The summed E-state index contributed by atoms with van der Waals surface area (Å²) < 4.78 is 5.14. The van der Waals surface area contributed by atoms with Crippen molar-refractivity contribution < 1.29 is 9.53 Å². The van der Waals surface area contributed by atoms with Gasteiger partial charge < -0.3 is 4.74 Å². The van der Waals surface area contributed by atoms with Crippen molar-refractivity contribution in [2.45, 2.75) is 26.2 Å². The van der Waals surface area contributed by atoms with Crippen LogP contribution >= 0.6 is 0 Å². The van der Waals surface area contributed by atoms with E-state index in [1.165, 1.54) is 22.3 Å². The summed E-state index contributed by atoms with van der Waals surface area (Å²) in [6.45, 7) is 2.26. The van der Waals surface area contributed by atoms with Crippen LogP contribution in [0, 0.1) is 0 Å². The lowest BCUT2D eigenvalue weighted by molar-refractivity contribution is -0.141. The number of rotatable bonds is 3. The summed E-state index contributed by atoms with van der Waals surface area (Å²) in [6.07, 6.45) is 4.48. The molecule has 0 bridgehead atoms. The molecule has 0 spiro atoms. The molecule has 0 saturated carbocycles. The van der Waals surface area contributed by atoms with Gasteiger partial charge in [0.15, 0.2) is 0 Å². The van der Waals surface area contributed by atoms with E-state index < -0.39 is 0 Å². The van der Waals surface area contributed by atoms with Gasteiger partial charge in [-0.05, 0) is 47.6 Å². The fraction of sp³-hybridized carbons (Fsp3) is 0.250. The van der Waals surface area contributed by atoms with Crippen LogP contribution in [0.4, 0.5) is 0 Å². The molecule has 0 saturated heterocycles. The maximum absolute atomic E-state index is 12.0. The number of fused-ring (bicyclic) bond motifs is 2. The summed E-state index contributed by atoms with van der Waals surface area (Å²) in [5.41, 5.74) is 6.05. The van der Waals surface area contributed by atoms with Crippen molar-refractivity contribution in [2.75, 3.05) is 6.61 Å². The van der Waals surface area contributed by atoms with Crippen LogP contribution in [0.15, 0.2) is 48.5 Å². The maximum atomic E-state index is 12.0. The lowest BCUT2D eigenvalue weighted by atomic mass is 9.88. The Morgan fingerprint density at radius 3 is 2.50 bits per heavy atom. The maximum Gasteiger partial charge on any atom is 0.310 e. The van der Waals surface area contributed by atoms with Crippen LogP contribution in [-0.2, 0) is 22.4 Å². The van der Waals surface area contributed by atoms with Gasteiger partial charge >= 0.3 is 5.97 Å². The fourth-order valence-electron chi connectivity index (χ4n) is 3.00. The molecule has 2 aromatic rings. The molecule has 0 radical (unpaired) electrons. The van der Waals surface area contributed by atoms with Crippen molar-refractivity contribution in [2.24, 2.45) is 0 Å². The molecule has 2 nitrogen and oxygen atoms in total. The van der Waals surface area contributed by atoms with E-state index >= 15 is 0 Å². The molecule has 0 aromatic heterocycles. The predicted octanol–water partition coefficient (Wildman–Crippen LogP) is 4.28. The highest BCUT2D eigenvalue weighted by molar-refractivity contribution is 5.93. The van der Waals surface area contributed by atoms with E-state index in [1.807, 2.05) is 19.1 Å². The number of carbonyl (C=O) groups excluding carboxylic acids is 1. The first kappa shape index (κ1) is 14.6. The second-order valence-electron chi connectivity index (χ2n) is 5.51. The Hall–Kier alpha value is -2.35. The first-order valence-corrected chi connectivity index (χ1v) is 7.80. The van der Waals surface area contributed by atoms with Crippen molar-refractivity contribution in [3.63, 3.8) is 0 Å². The highest BCUT2D eigenvalue weighted by Gasteiger charge is 2.16. The normalized spacial score (nSPS) is 13.2. The van der Waals surface area contributed by atoms with Gasteiger partial charge in [-0.2, -0.15) is 0 Å². The van der Waals surface area contributed by atoms with Crippen molar-refractivity contribution in [3.05, 3.63) is 70.8 Å². The summed E-state index contributed by atoms with van der Waals surface area (Å²) in [4.78, 5) is 12.0. The summed E-state index contributed by atoms with van der Waals surface area (Å²) in [6, 6.07) is 16.8. The Morgan fingerprint density at radius 1 is 1.00 bits per heavy atom. The van der Waals surface area contributed by atoms with E-state index in [4.69, 9.17) is 4.74 Å². The minimum atomic E-state index is -0.165. The summed E-state index contributed by atoms with van der Waals surface area (Å²) in [7, 11) is 0. The van der Waals surface area contributed by atoms with Gasteiger partial charge in [-0.3, -0.25) is 4.79 Å². The van der Waals surface area contributed by atoms with Crippen LogP contribution in [0.3, 0.4) is 0 Å². The average molecular weight is 292 g/mol. The van der Waals surface area contributed by atoms with Crippen molar-refractivity contribution in [3.8, 4) is 0 Å². The molecule has 22 heavy (non-hydrogen) atoms. The van der Waals surface area contributed by atoms with Crippen LogP contribution in [0.5, 0.6) is 0 Å².